The second-order valence-corrected chi connectivity index (χ2v) is 4.27. The summed E-state index contributed by atoms with van der Waals surface area (Å²) in [4.78, 5) is 1.93. The third-order valence-electron chi connectivity index (χ3n) is 2.73. The van der Waals surface area contributed by atoms with Crippen molar-refractivity contribution in [1.29, 1.82) is 0 Å². The van der Waals surface area contributed by atoms with Crippen molar-refractivity contribution in [3.05, 3.63) is 5.89 Å². The lowest BCUT2D eigenvalue weighted by molar-refractivity contribution is 0.297. The number of rotatable bonds is 9. The van der Waals surface area contributed by atoms with Gasteiger partial charge in [0.2, 0.25) is 5.89 Å². The average Bonchev–Trinajstić information content (AvgIpc) is 2.84. The average molecular weight is 256 g/mol. The van der Waals surface area contributed by atoms with Gasteiger partial charge in [0.25, 0.3) is 0 Å². The maximum atomic E-state index is 9.05. The molecule has 0 amide bonds. The van der Waals surface area contributed by atoms with Gasteiger partial charge in [-0.3, -0.25) is 0 Å². The number of hydrogen-bond acceptors (Lipinski definition) is 6. The van der Waals surface area contributed by atoms with Gasteiger partial charge in [-0.1, -0.05) is 25.4 Å². The van der Waals surface area contributed by atoms with E-state index in [2.05, 4.69) is 22.4 Å². The van der Waals surface area contributed by atoms with E-state index < -0.39 is 0 Å². The first-order valence-electron chi connectivity index (χ1n) is 6.65. The van der Waals surface area contributed by atoms with E-state index in [9.17, 15) is 0 Å². The molecule has 0 spiro atoms. The number of aliphatic hydroxyl groups excluding tert-OH is 1. The van der Waals surface area contributed by atoms with Crippen molar-refractivity contribution in [3.8, 4) is 0 Å². The number of nitrogens with one attached hydrogen (secondary N) is 1. The van der Waals surface area contributed by atoms with Gasteiger partial charge < -0.3 is 19.7 Å². The molecule has 0 aliphatic heterocycles. The SMILES string of the molecule is CCCCN(CCO)c1nnc(C(C)NCC)o1. The molecule has 0 aliphatic rings. The van der Waals surface area contributed by atoms with Crippen LogP contribution in [0.5, 0.6) is 0 Å². The minimum Gasteiger partial charge on any atom is -0.406 e. The summed E-state index contributed by atoms with van der Waals surface area (Å²) in [6, 6.07) is 0.552. The van der Waals surface area contributed by atoms with Crippen LogP contribution in [-0.4, -0.2) is 41.5 Å². The van der Waals surface area contributed by atoms with E-state index in [1.807, 2.05) is 18.7 Å². The fourth-order valence-electron chi connectivity index (χ4n) is 1.70. The first kappa shape index (κ1) is 14.9. The van der Waals surface area contributed by atoms with Crippen LogP contribution >= 0.6 is 0 Å². The van der Waals surface area contributed by atoms with Gasteiger partial charge in [0, 0.05) is 13.1 Å². The molecule has 1 rings (SSSR count). The highest BCUT2D eigenvalue weighted by molar-refractivity contribution is 5.23. The molecule has 0 saturated carbocycles. The second-order valence-electron chi connectivity index (χ2n) is 4.27. The topological polar surface area (TPSA) is 74.4 Å². The third-order valence-corrected chi connectivity index (χ3v) is 2.73. The molecule has 1 aromatic heterocycles. The van der Waals surface area contributed by atoms with E-state index in [0.29, 0.717) is 18.5 Å². The molecule has 1 heterocycles. The zero-order valence-corrected chi connectivity index (χ0v) is 11.5. The summed E-state index contributed by atoms with van der Waals surface area (Å²) in [5.41, 5.74) is 0. The fraction of sp³-hybridized carbons (Fsp3) is 0.833. The Balaban J connectivity index is 2.67. The lowest BCUT2D eigenvalue weighted by Crippen LogP contribution is -2.28. The number of hydrogen-bond donors (Lipinski definition) is 2. The normalized spacial score (nSPS) is 12.7. The zero-order chi connectivity index (χ0) is 13.4. The second kappa shape index (κ2) is 8.05. The summed E-state index contributed by atoms with van der Waals surface area (Å²) in [5.74, 6) is 0.589. The molecule has 1 aromatic rings. The summed E-state index contributed by atoms with van der Waals surface area (Å²) >= 11 is 0. The maximum Gasteiger partial charge on any atom is 0.318 e. The van der Waals surface area contributed by atoms with Crippen LogP contribution in [0.1, 0.15) is 45.5 Å². The van der Waals surface area contributed by atoms with Crippen LogP contribution in [-0.2, 0) is 0 Å². The molecule has 6 heteroatoms. The minimum absolute atomic E-state index is 0.0541. The molecule has 0 fully saturated rings. The molecule has 1 unspecified atom stereocenters. The number of aliphatic hydroxyl groups is 1. The Hall–Kier alpha value is -1.14. The molecule has 0 aromatic carbocycles. The van der Waals surface area contributed by atoms with Crippen LogP contribution in [0.25, 0.3) is 0 Å². The van der Waals surface area contributed by atoms with Gasteiger partial charge in [0.15, 0.2) is 0 Å². The molecular weight excluding hydrogens is 232 g/mol. The van der Waals surface area contributed by atoms with Crippen molar-refractivity contribution in [2.45, 2.75) is 39.7 Å². The minimum atomic E-state index is 0.0541. The Bertz CT molecular complexity index is 330. The number of anilines is 1. The van der Waals surface area contributed by atoms with Crippen LogP contribution < -0.4 is 10.2 Å². The van der Waals surface area contributed by atoms with Crippen LogP contribution in [0.4, 0.5) is 6.01 Å². The Morgan fingerprint density at radius 3 is 2.72 bits per heavy atom. The standard InChI is InChI=1S/C12H24N4O2/c1-4-6-7-16(8-9-17)12-15-14-11(18-12)10(3)13-5-2/h10,13,17H,4-9H2,1-3H3. The fourth-order valence-corrected chi connectivity index (χ4v) is 1.70. The van der Waals surface area contributed by atoms with Gasteiger partial charge >= 0.3 is 6.01 Å². The van der Waals surface area contributed by atoms with Gasteiger partial charge in [-0.15, -0.1) is 5.10 Å². The summed E-state index contributed by atoms with van der Waals surface area (Å²) in [6.45, 7) is 8.45. The smallest absolute Gasteiger partial charge is 0.318 e. The lowest BCUT2D eigenvalue weighted by Gasteiger charge is -2.18. The molecule has 6 nitrogen and oxygen atoms in total. The van der Waals surface area contributed by atoms with Crippen molar-refractivity contribution in [3.63, 3.8) is 0 Å². The van der Waals surface area contributed by atoms with Crippen molar-refractivity contribution >= 4 is 6.01 Å². The molecule has 2 N–H and O–H groups in total. The number of aromatic nitrogens is 2. The molecular formula is C12H24N4O2. The predicted molar refractivity (Wildman–Crippen MR) is 70.6 cm³/mol. The summed E-state index contributed by atoms with van der Waals surface area (Å²) in [6.07, 6.45) is 2.14. The van der Waals surface area contributed by atoms with E-state index in [4.69, 9.17) is 9.52 Å². The molecule has 104 valence electrons. The molecule has 0 bridgehead atoms. The number of unbranched alkanes of at least 4 members (excludes halogenated alkanes) is 1. The first-order chi connectivity index (χ1) is 8.72. The molecule has 0 saturated heterocycles. The van der Waals surface area contributed by atoms with Crippen molar-refractivity contribution < 1.29 is 9.52 Å². The Labute approximate surface area is 108 Å². The summed E-state index contributed by atoms with van der Waals surface area (Å²) < 4.78 is 5.64. The lowest BCUT2D eigenvalue weighted by atomic mass is 10.3. The maximum absolute atomic E-state index is 9.05. The van der Waals surface area contributed by atoms with Gasteiger partial charge in [0.1, 0.15) is 0 Å². The Morgan fingerprint density at radius 2 is 2.11 bits per heavy atom. The molecule has 0 aliphatic carbocycles. The van der Waals surface area contributed by atoms with E-state index in [1.165, 1.54) is 0 Å². The van der Waals surface area contributed by atoms with E-state index in [-0.39, 0.29) is 12.6 Å². The highest BCUT2D eigenvalue weighted by atomic mass is 16.4. The van der Waals surface area contributed by atoms with E-state index in [1.54, 1.807) is 0 Å². The zero-order valence-electron chi connectivity index (χ0n) is 11.5. The predicted octanol–water partition coefficient (Wildman–Crippen LogP) is 1.34. The van der Waals surface area contributed by atoms with E-state index in [0.717, 1.165) is 25.9 Å². The van der Waals surface area contributed by atoms with E-state index >= 15 is 0 Å². The summed E-state index contributed by atoms with van der Waals surface area (Å²) in [7, 11) is 0. The highest BCUT2D eigenvalue weighted by Gasteiger charge is 2.16. The van der Waals surface area contributed by atoms with Gasteiger partial charge in [0.05, 0.1) is 12.6 Å². The Morgan fingerprint density at radius 1 is 1.33 bits per heavy atom. The first-order valence-corrected chi connectivity index (χ1v) is 6.65. The largest absolute Gasteiger partial charge is 0.406 e. The van der Waals surface area contributed by atoms with Crippen LogP contribution in [0, 0.1) is 0 Å². The third kappa shape index (κ3) is 4.27. The van der Waals surface area contributed by atoms with Gasteiger partial charge in [-0.25, -0.2) is 0 Å². The molecule has 18 heavy (non-hydrogen) atoms. The van der Waals surface area contributed by atoms with Gasteiger partial charge in [-0.05, 0) is 19.9 Å². The van der Waals surface area contributed by atoms with Crippen molar-refractivity contribution in [1.82, 2.24) is 15.5 Å². The quantitative estimate of drug-likeness (QED) is 0.694. The summed E-state index contributed by atoms with van der Waals surface area (Å²) in [5, 5.41) is 20.4. The highest BCUT2D eigenvalue weighted by Crippen LogP contribution is 2.17. The van der Waals surface area contributed by atoms with Crippen molar-refractivity contribution in [2.75, 3.05) is 31.1 Å². The van der Waals surface area contributed by atoms with Crippen LogP contribution in [0.2, 0.25) is 0 Å². The van der Waals surface area contributed by atoms with Gasteiger partial charge in [-0.2, -0.15) is 0 Å². The van der Waals surface area contributed by atoms with Crippen LogP contribution in [0.3, 0.4) is 0 Å². The number of nitrogens with zero attached hydrogens (tertiary/aromatic N) is 3. The van der Waals surface area contributed by atoms with Crippen LogP contribution in [0.15, 0.2) is 4.42 Å². The molecule has 1 atom stereocenters. The molecule has 0 radical (unpaired) electrons. The monoisotopic (exact) mass is 256 g/mol. The van der Waals surface area contributed by atoms with Crippen molar-refractivity contribution in [2.24, 2.45) is 0 Å². The Kier molecular flexibility index (Phi) is 6.67.